The smallest absolute Gasteiger partial charge is 0.0429 e. The fourth-order valence-corrected chi connectivity index (χ4v) is 1.48. The number of aliphatic imine (C=N–C) groups is 1. The molecule has 1 heterocycles. The summed E-state index contributed by atoms with van der Waals surface area (Å²) in [7, 11) is 0. The predicted molar refractivity (Wildman–Crippen MR) is 43.4 cm³/mol. The number of hydrogen-bond donors (Lipinski definition) is 0. The lowest BCUT2D eigenvalue weighted by atomic mass is 9.95. The first kappa shape index (κ1) is 5.90. The van der Waals surface area contributed by atoms with Gasteiger partial charge in [0.05, 0.1) is 0 Å². The molecule has 0 fully saturated rings. The van der Waals surface area contributed by atoms with Crippen LogP contribution in [0.25, 0.3) is 0 Å². The van der Waals surface area contributed by atoms with Gasteiger partial charge in [-0.15, -0.1) is 0 Å². The molecule has 1 aliphatic carbocycles. The van der Waals surface area contributed by atoms with E-state index in [1.54, 1.807) is 0 Å². The van der Waals surface area contributed by atoms with E-state index >= 15 is 0 Å². The summed E-state index contributed by atoms with van der Waals surface area (Å²) in [5.74, 6) is 0. The van der Waals surface area contributed by atoms with Gasteiger partial charge in [-0.05, 0) is 30.4 Å². The number of dihydropyridines is 1. The van der Waals surface area contributed by atoms with Crippen LogP contribution in [0.5, 0.6) is 0 Å². The Bertz CT molecular complexity index is 197. The van der Waals surface area contributed by atoms with Gasteiger partial charge in [0.2, 0.25) is 0 Å². The summed E-state index contributed by atoms with van der Waals surface area (Å²) in [6.07, 6.45) is 10.1. The Morgan fingerprint density at radius 3 is 3.10 bits per heavy atom. The van der Waals surface area contributed by atoms with Crippen molar-refractivity contribution in [2.24, 2.45) is 4.99 Å². The highest BCUT2D eigenvalue weighted by Gasteiger charge is 2.08. The van der Waals surface area contributed by atoms with Gasteiger partial charge < -0.3 is 0 Å². The minimum absolute atomic E-state index is 0.989. The molecule has 2 rings (SSSR count). The summed E-state index contributed by atoms with van der Waals surface area (Å²) in [6.45, 7) is 0.989. The van der Waals surface area contributed by atoms with E-state index in [1.165, 1.54) is 24.0 Å². The van der Waals surface area contributed by atoms with Crippen molar-refractivity contribution >= 4 is 6.21 Å². The highest BCUT2D eigenvalue weighted by Crippen LogP contribution is 2.22. The van der Waals surface area contributed by atoms with Crippen molar-refractivity contribution < 1.29 is 0 Å². The third-order valence-corrected chi connectivity index (χ3v) is 2.07. The molecule has 10 heavy (non-hydrogen) atoms. The molecule has 0 saturated heterocycles. The van der Waals surface area contributed by atoms with Crippen molar-refractivity contribution in [2.75, 3.05) is 6.54 Å². The maximum atomic E-state index is 4.24. The Hall–Kier alpha value is -0.850. The highest BCUT2D eigenvalue weighted by atomic mass is 14.7. The Morgan fingerprint density at radius 1 is 1.20 bits per heavy atom. The zero-order valence-electron chi connectivity index (χ0n) is 6.01. The number of rotatable bonds is 0. The lowest BCUT2D eigenvalue weighted by molar-refractivity contribution is 0.888. The Labute approximate surface area is 61.2 Å². The third-order valence-electron chi connectivity index (χ3n) is 2.07. The molecule has 52 valence electrons. The van der Waals surface area contributed by atoms with E-state index in [0.29, 0.717) is 0 Å². The van der Waals surface area contributed by atoms with Crippen molar-refractivity contribution in [3.05, 3.63) is 23.3 Å². The summed E-state index contributed by atoms with van der Waals surface area (Å²) in [5, 5.41) is 0. The maximum Gasteiger partial charge on any atom is 0.0429 e. The van der Waals surface area contributed by atoms with Gasteiger partial charge in [0.1, 0.15) is 0 Å². The van der Waals surface area contributed by atoms with Gasteiger partial charge in [-0.1, -0.05) is 12.2 Å². The zero-order valence-corrected chi connectivity index (χ0v) is 6.01. The molecule has 0 aromatic heterocycles. The van der Waals surface area contributed by atoms with Crippen molar-refractivity contribution in [1.82, 2.24) is 0 Å². The fraction of sp³-hybridized carbons (Fsp3) is 0.444. The van der Waals surface area contributed by atoms with Crippen LogP contribution in [0.2, 0.25) is 0 Å². The molecule has 0 aromatic rings. The SMILES string of the molecule is C1=CC2=C(C=NCC2)CC1. The van der Waals surface area contributed by atoms with E-state index in [-0.39, 0.29) is 0 Å². The largest absolute Gasteiger partial charge is 0.293 e. The fourth-order valence-electron chi connectivity index (χ4n) is 1.48. The number of allylic oxidation sites excluding steroid dienone is 3. The second kappa shape index (κ2) is 2.41. The van der Waals surface area contributed by atoms with Crippen molar-refractivity contribution in [2.45, 2.75) is 19.3 Å². The van der Waals surface area contributed by atoms with E-state index in [1.807, 2.05) is 6.21 Å². The van der Waals surface area contributed by atoms with Crippen LogP contribution in [0.4, 0.5) is 0 Å². The van der Waals surface area contributed by atoms with E-state index in [4.69, 9.17) is 0 Å². The molecule has 1 nitrogen and oxygen atoms in total. The van der Waals surface area contributed by atoms with Gasteiger partial charge in [0.25, 0.3) is 0 Å². The van der Waals surface area contributed by atoms with Crippen LogP contribution < -0.4 is 0 Å². The summed E-state index contributed by atoms with van der Waals surface area (Å²) < 4.78 is 0. The van der Waals surface area contributed by atoms with Crippen LogP contribution in [-0.4, -0.2) is 12.8 Å². The van der Waals surface area contributed by atoms with Crippen LogP contribution >= 0.6 is 0 Å². The molecule has 1 heteroatoms. The van der Waals surface area contributed by atoms with E-state index < -0.39 is 0 Å². The first-order chi connectivity index (χ1) is 4.97. The van der Waals surface area contributed by atoms with Gasteiger partial charge in [-0.25, -0.2) is 0 Å². The van der Waals surface area contributed by atoms with Crippen LogP contribution in [0, 0.1) is 0 Å². The number of nitrogens with zero attached hydrogens (tertiary/aromatic N) is 1. The zero-order chi connectivity index (χ0) is 6.81. The average Bonchev–Trinajstić information content (AvgIpc) is 2.05. The summed E-state index contributed by atoms with van der Waals surface area (Å²) in [4.78, 5) is 4.24. The second-order valence-corrected chi connectivity index (χ2v) is 2.78. The monoisotopic (exact) mass is 133 g/mol. The standard InChI is InChI=1S/C9H11N/c1-2-4-9-7-10-6-5-8(9)3-1/h1,3,7H,2,4-6H2. The topological polar surface area (TPSA) is 12.4 Å². The lowest BCUT2D eigenvalue weighted by Gasteiger charge is -2.14. The maximum absolute atomic E-state index is 4.24. The molecule has 0 saturated carbocycles. The normalized spacial score (nSPS) is 23.2. The lowest BCUT2D eigenvalue weighted by Crippen LogP contribution is -2.03. The Morgan fingerprint density at radius 2 is 2.20 bits per heavy atom. The summed E-state index contributed by atoms with van der Waals surface area (Å²) >= 11 is 0. The second-order valence-electron chi connectivity index (χ2n) is 2.78. The quantitative estimate of drug-likeness (QED) is 0.480. The predicted octanol–water partition coefficient (Wildman–Crippen LogP) is 2.11. The first-order valence-corrected chi connectivity index (χ1v) is 3.85. The summed E-state index contributed by atoms with van der Waals surface area (Å²) in [5.41, 5.74) is 2.98. The van der Waals surface area contributed by atoms with Crippen LogP contribution in [0.1, 0.15) is 19.3 Å². The van der Waals surface area contributed by atoms with Crippen LogP contribution in [-0.2, 0) is 0 Å². The minimum atomic E-state index is 0.989. The molecule has 2 aliphatic rings. The van der Waals surface area contributed by atoms with Gasteiger partial charge in [0.15, 0.2) is 0 Å². The molecule has 1 aliphatic heterocycles. The van der Waals surface area contributed by atoms with Gasteiger partial charge >= 0.3 is 0 Å². The van der Waals surface area contributed by atoms with E-state index in [0.717, 1.165) is 13.0 Å². The van der Waals surface area contributed by atoms with Crippen molar-refractivity contribution in [3.63, 3.8) is 0 Å². The highest BCUT2D eigenvalue weighted by molar-refractivity contribution is 5.82. The van der Waals surface area contributed by atoms with E-state index in [2.05, 4.69) is 17.1 Å². The third kappa shape index (κ3) is 0.919. The van der Waals surface area contributed by atoms with Crippen molar-refractivity contribution in [3.8, 4) is 0 Å². The molecular weight excluding hydrogens is 122 g/mol. The Balaban J connectivity index is 2.32. The average molecular weight is 133 g/mol. The van der Waals surface area contributed by atoms with Crippen LogP contribution in [0.15, 0.2) is 28.3 Å². The molecule has 0 radical (unpaired) electrons. The number of hydrogen-bond acceptors (Lipinski definition) is 1. The Kier molecular flexibility index (Phi) is 1.42. The minimum Gasteiger partial charge on any atom is -0.293 e. The van der Waals surface area contributed by atoms with Gasteiger partial charge in [0, 0.05) is 12.8 Å². The molecule has 0 aromatic carbocycles. The van der Waals surface area contributed by atoms with E-state index in [9.17, 15) is 0 Å². The molecule has 0 amide bonds. The molecule has 0 unspecified atom stereocenters. The first-order valence-electron chi connectivity index (χ1n) is 3.85. The molecule has 0 bridgehead atoms. The van der Waals surface area contributed by atoms with Crippen LogP contribution in [0.3, 0.4) is 0 Å². The summed E-state index contributed by atoms with van der Waals surface area (Å²) in [6, 6.07) is 0. The molecule has 0 spiro atoms. The molecule has 0 atom stereocenters. The van der Waals surface area contributed by atoms with Gasteiger partial charge in [-0.3, -0.25) is 4.99 Å². The molecular formula is C9H11N. The van der Waals surface area contributed by atoms with Gasteiger partial charge in [-0.2, -0.15) is 0 Å². The molecule has 0 N–H and O–H groups in total. The van der Waals surface area contributed by atoms with Crippen molar-refractivity contribution in [1.29, 1.82) is 0 Å².